The highest BCUT2D eigenvalue weighted by Crippen LogP contribution is 2.32. The van der Waals surface area contributed by atoms with Crippen LogP contribution in [0.5, 0.6) is 0 Å². The molecule has 2 heterocycles. The number of carbonyl (C=O) groups is 2. The minimum Gasteiger partial charge on any atom is -0.450 e. The summed E-state index contributed by atoms with van der Waals surface area (Å²) in [6, 6.07) is 12.1. The lowest BCUT2D eigenvalue weighted by Gasteiger charge is -2.33. The van der Waals surface area contributed by atoms with Gasteiger partial charge in [0.2, 0.25) is 5.91 Å². The van der Waals surface area contributed by atoms with Gasteiger partial charge >= 0.3 is 0 Å². The molecule has 0 radical (unpaired) electrons. The van der Waals surface area contributed by atoms with Crippen LogP contribution in [0.25, 0.3) is 21.7 Å². The minimum atomic E-state index is -0.0765. The second-order valence-corrected chi connectivity index (χ2v) is 6.96. The summed E-state index contributed by atoms with van der Waals surface area (Å²) in [5, 5.41) is 5.73. The van der Waals surface area contributed by atoms with Crippen LogP contribution < -0.4 is 5.32 Å². The number of fused-ring (bicyclic) bond motifs is 3. The SMILES string of the molecule is CNC(=O)CN1CCN(C(=O)c2oc3c(ccc4ccccc43)c2C)CC1. The van der Waals surface area contributed by atoms with Crippen molar-refractivity contribution in [2.75, 3.05) is 39.8 Å². The fraction of sp³-hybridized carbons (Fsp3) is 0.333. The Kier molecular flexibility index (Phi) is 4.58. The van der Waals surface area contributed by atoms with Crippen LogP contribution in [0.4, 0.5) is 0 Å². The molecule has 2 amide bonds. The van der Waals surface area contributed by atoms with Crippen molar-refractivity contribution in [3.63, 3.8) is 0 Å². The average Bonchev–Trinajstić information content (AvgIpc) is 3.05. The number of furan rings is 1. The first-order valence-electron chi connectivity index (χ1n) is 9.21. The van der Waals surface area contributed by atoms with Gasteiger partial charge in [-0.05, 0) is 12.3 Å². The lowest BCUT2D eigenvalue weighted by atomic mass is 10.1. The van der Waals surface area contributed by atoms with E-state index in [4.69, 9.17) is 4.42 Å². The van der Waals surface area contributed by atoms with E-state index in [1.165, 1.54) is 0 Å². The van der Waals surface area contributed by atoms with Gasteiger partial charge in [0.1, 0.15) is 5.58 Å². The monoisotopic (exact) mass is 365 g/mol. The van der Waals surface area contributed by atoms with Gasteiger partial charge in [0.25, 0.3) is 5.91 Å². The third kappa shape index (κ3) is 3.17. The summed E-state index contributed by atoms with van der Waals surface area (Å²) in [6.07, 6.45) is 0. The minimum absolute atomic E-state index is 0.00483. The largest absolute Gasteiger partial charge is 0.450 e. The van der Waals surface area contributed by atoms with Gasteiger partial charge in [-0.15, -0.1) is 0 Å². The molecule has 0 aliphatic carbocycles. The summed E-state index contributed by atoms with van der Waals surface area (Å²) < 4.78 is 6.07. The van der Waals surface area contributed by atoms with E-state index in [1.54, 1.807) is 7.05 Å². The molecule has 1 aliphatic rings. The summed E-state index contributed by atoms with van der Waals surface area (Å²) in [4.78, 5) is 28.4. The smallest absolute Gasteiger partial charge is 0.289 e. The van der Waals surface area contributed by atoms with E-state index < -0.39 is 0 Å². The van der Waals surface area contributed by atoms with Crippen molar-refractivity contribution in [2.24, 2.45) is 0 Å². The number of benzene rings is 2. The third-order valence-corrected chi connectivity index (χ3v) is 5.33. The van der Waals surface area contributed by atoms with E-state index in [-0.39, 0.29) is 11.8 Å². The van der Waals surface area contributed by atoms with Crippen LogP contribution in [-0.2, 0) is 4.79 Å². The Labute approximate surface area is 157 Å². The Morgan fingerprint density at radius 1 is 1.04 bits per heavy atom. The highest BCUT2D eigenvalue weighted by Gasteiger charge is 2.27. The standard InChI is InChI=1S/C21H23N3O3/c1-14-16-8-7-15-5-3-4-6-17(15)20(16)27-19(14)21(26)24-11-9-23(10-12-24)13-18(25)22-2/h3-8H,9-13H2,1-2H3,(H,22,25). The number of likely N-dealkylation sites (N-methyl/N-ethyl adjacent to an activating group) is 1. The Hall–Kier alpha value is -2.86. The summed E-state index contributed by atoms with van der Waals surface area (Å²) in [5.74, 6) is 0.336. The normalized spacial score (nSPS) is 15.4. The predicted molar refractivity (Wildman–Crippen MR) is 105 cm³/mol. The van der Waals surface area contributed by atoms with E-state index in [0.29, 0.717) is 38.5 Å². The highest BCUT2D eigenvalue weighted by atomic mass is 16.3. The van der Waals surface area contributed by atoms with Gasteiger partial charge < -0.3 is 14.6 Å². The van der Waals surface area contributed by atoms with Crippen molar-refractivity contribution in [3.8, 4) is 0 Å². The number of hydrogen-bond acceptors (Lipinski definition) is 4. The van der Waals surface area contributed by atoms with Gasteiger partial charge in [-0.3, -0.25) is 14.5 Å². The summed E-state index contributed by atoms with van der Waals surface area (Å²) >= 11 is 0. The van der Waals surface area contributed by atoms with E-state index in [0.717, 1.165) is 27.3 Å². The van der Waals surface area contributed by atoms with Crippen LogP contribution in [0.15, 0.2) is 40.8 Å². The van der Waals surface area contributed by atoms with Crippen LogP contribution in [0, 0.1) is 6.92 Å². The molecule has 27 heavy (non-hydrogen) atoms. The second kappa shape index (κ2) is 7.04. The zero-order valence-corrected chi connectivity index (χ0v) is 15.6. The van der Waals surface area contributed by atoms with Crippen molar-refractivity contribution in [1.29, 1.82) is 0 Å². The van der Waals surface area contributed by atoms with Crippen molar-refractivity contribution < 1.29 is 14.0 Å². The van der Waals surface area contributed by atoms with Crippen molar-refractivity contribution in [3.05, 3.63) is 47.7 Å². The molecule has 0 unspecified atom stereocenters. The summed E-state index contributed by atoms with van der Waals surface area (Å²) in [6.45, 7) is 4.85. The molecule has 1 aliphatic heterocycles. The molecule has 0 saturated carbocycles. The second-order valence-electron chi connectivity index (χ2n) is 6.96. The Bertz CT molecular complexity index is 1020. The molecule has 140 valence electrons. The quantitative estimate of drug-likeness (QED) is 0.774. The van der Waals surface area contributed by atoms with Gasteiger partial charge in [-0.1, -0.05) is 36.4 Å². The maximum absolute atomic E-state index is 13.0. The maximum Gasteiger partial charge on any atom is 0.289 e. The number of nitrogens with zero attached hydrogens (tertiary/aromatic N) is 2. The third-order valence-electron chi connectivity index (χ3n) is 5.33. The number of carbonyl (C=O) groups excluding carboxylic acids is 2. The average molecular weight is 365 g/mol. The lowest BCUT2D eigenvalue weighted by molar-refractivity contribution is -0.122. The first kappa shape index (κ1) is 17.5. The molecular weight excluding hydrogens is 342 g/mol. The predicted octanol–water partition coefficient (Wildman–Crippen LogP) is 2.40. The number of amides is 2. The molecule has 1 saturated heterocycles. The molecule has 6 nitrogen and oxygen atoms in total. The van der Waals surface area contributed by atoms with Crippen LogP contribution in [0.3, 0.4) is 0 Å². The van der Waals surface area contributed by atoms with Crippen molar-refractivity contribution in [1.82, 2.24) is 15.1 Å². The Balaban J connectivity index is 1.58. The fourth-order valence-electron chi connectivity index (χ4n) is 3.69. The number of hydrogen-bond donors (Lipinski definition) is 1. The summed E-state index contributed by atoms with van der Waals surface area (Å²) in [5.41, 5.74) is 1.65. The van der Waals surface area contributed by atoms with E-state index in [2.05, 4.69) is 16.3 Å². The van der Waals surface area contributed by atoms with Gasteiger partial charge in [0.05, 0.1) is 6.54 Å². The Morgan fingerprint density at radius 2 is 1.78 bits per heavy atom. The molecule has 1 fully saturated rings. The molecule has 0 bridgehead atoms. The van der Waals surface area contributed by atoms with Crippen LogP contribution in [0.2, 0.25) is 0 Å². The molecule has 2 aromatic carbocycles. The molecule has 0 spiro atoms. The molecule has 3 aromatic rings. The maximum atomic E-state index is 13.0. The van der Waals surface area contributed by atoms with Crippen molar-refractivity contribution in [2.45, 2.75) is 6.92 Å². The molecule has 6 heteroatoms. The zero-order chi connectivity index (χ0) is 19.0. The highest BCUT2D eigenvalue weighted by molar-refractivity contribution is 6.08. The van der Waals surface area contributed by atoms with Crippen LogP contribution in [-0.4, -0.2) is 61.4 Å². The van der Waals surface area contributed by atoms with E-state index in [1.807, 2.05) is 42.2 Å². The van der Waals surface area contributed by atoms with Crippen LogP contribution >= 0.6 is 0 Å². The molecule has 1 aromatic heterocycles. The van der Waals surface area contributed by atoms with Crippen LogP contribution in [0.1, 0.15) is 16.1 Å². The number of aryl methyl sites for hydroxylation is 1. The van der Waals surface area contributed by atoms with E-state index in [9.17, 15) is 9.59 Å². The zero-order valence-electron chi connectivity index (χ0n) is 15.6. The topological polar surface area (TPSA) is 65.8 Å². The first-order chi connectivity index (χ1) is 13.1. The molecular formula is C21H23N3O3. The van der Waals surface area contributed by atoms with Gasteiger partial charge in [-0.25, -0.2) is 0 Å². The number of rotatable bonds is 3. The number of nitrogens with one attached hydrogen (secondary N) is 1. The summed E-state index contributed by atoms with van der Waals surface area (Å²) in [7, 11) is 1.64. The van der Waals surface area contributed by atoms with Crippen molar-refractivity contribution >= 4 is 33.6 Å². The first-order valence-corrected chi connectivity index (χ1v) is 9.21. The molecule has 0 atom stereocenters. The van der Waals surface area contributed by atoms with Gasteiger partial charge in [0.15, 0.2) is 5.76 Å². The molecule has 1 N–H and O–H groups in total. The Morgan fingerprint density at radius 3 is 2.52 bits per heavy atom. The lowest BCUT2D eigenvalue weighted by Crippen LogP contribution is -2.50. The van der Waals surface area contributed by atoms with E-state index >= 15 is 0 Å². The fourth-order valence-corrected chi connectivity index (χ4v) is 3.69. The van der Waals surface area contributed by atoms with Gasteiger partial charge in [0, 0.05) is 49.6 Å². The van der Waals surface area contributed by atoms with Gasteiger partial charge in [-0.2, -0.15) is 0 Å². The molecule has 4 rings (SSSR count). The number of piperazine rings is 1.